The molecule has 1 aliphatic rings. The van der Waals surface area contributed by atoms with Crippen LogP contribution >= 0.6 is 0 Å². The van der Waals surface area contributed by atoms with Crippen LogP contribution < -0.4 is 5.73 Å². The lowest BCUT2D eigenvalue weighted by Crippen LogP contribution is -2.46. The van der Waals surface area contributed by atoms with E-state index in [0.29, 0.717) is 5.92 Å². The molecule has 0 radical (unpaired) electrons. The number of nitrogens with zero attached hydrogens (tertiary/aromatic N) is 1. The first-order chi connectivity index (χ1) is 9.10. The summed E-state index contributed by atoms with van der Waals surface area (Å²) in [7, 11) is 1.77. The van der Waals surface area contributed by atoms with Gasteiger partial charge in [-0.3, -0.25) is 4.90 Å². The number of hydrogen-bond acceptors (Lipinski definition) is 3. The van der Waals surface area contributed by atoms with Crippen LogP contribution in [0.25, 0.3) is 0 Å². The second kappa shape index (κ2) is 6.46. The molecule has 0 bridgehead atoms. The normalized spacial score (nSPS) is 26.3. The Morgan fingerprint density at radius 3 is 2.74 bits per heavy atom. The molecule has 1 saturated heterocycles. The summed E-state index contributed by atoms with van der Waals surface area (Å²) in [6, 6.07) is 6.38. The standard InChI is InChI=1S/C15H23FN2O/c1-11-7-8-18(10-15(11)19-2)9-14(17)12-3-5-13(16)6-4-12/h3-6,11,14-15H,7-10,17H2,1-2H3. The topological polar surface area (TPSA) is 38.5 Å². The molecule has 1 heterocycles. The molecule has 106 valence electrons. The van der Waals surface area contributed by atoms with E-state index in [1.165, 1.54) is 12.1 Å². The Bertz CT molecular complexity index is 396. The fourth-order valence-corrected chi connectivity index (χ4v) is 2.66. The number of rotatable bonds is 4. The Balaban J connectivity index is 1.92. The van der Waals surface area contributed by atoms with Crippen molar-refractivity contribution in [2.24, 2.45) is 11.7 Å². The number of methoxy groups -OCH3 is 1. The third-order valence-corrected chi connectivity index (χ3v) is 4.03. The van der Waals surface area contributed by atoms with Crippen LogP contribution in [-0.2, 0) is 4.74 Å². The monoisotopic (exact) mass is 266 g/mol. The van der Waals surface area contributed by atoms with Gasteiger partial charge in [-0.15, -0.1) is 0 Å². The highest BCUT2D eigenvalue weighted by molar-refractivity contribution is 5.19. The van der Waals surface area contributed by atoms with Crippen LogP contribution in [0.3, 0.4) is 0 Å². The molecular weight excluding hydrogens is 243 g/mol. The molecule has 3 atom stereocenters. The van der Waals surface area contributed by atoms with Crippen molar-refractivity contribution in [3.63, 3.8) is 0 Å². The van der Waals surface area contributed by atoms with Crippen molar-refractivity contribution in [1.29, 1.82) is 0 Å². The molecule has 4 heteroatoms. The second-order valence-electron chi connectivity index (χ2n) is 5.46. The van der Waals surface area contributed by atoms with Crippen LogP contribution in [0, 0.1) is 11.7 Å². The van der Waals surface area contributed by atoms with Crippen LogP contribution in [0.2, 0.25) is 0 Å². The van der Waals surface area contributed by atoms with E-state index in [2.05, 4.69) is 11.8 Å². The minimum absolute atomic E-state index is 0.0773. The van der Waals surface area contributed by atoms with Crippen molar-refractivity contribution in [1.82, 2.24) is 4.90 Å². The lowest BCUT2D eigenvalue weighted by molar-refractivity contribution is -0.00644. The number of likely N-dealkylation sites (tertiary alicyclic amines) is 1. The first-order valence-electron chi connectivity index (χ1n) is 6.86. The predicted octanol–water partition coefficient (Wildman–Crippen LogP) is 2.18. The molecule has 0 aromatic heterocycles. The van der Waals surface area contributed by atoms with Gasteiger partial charge in [-0.25, -0.2) is 4.39 Å². The highest BCUT2D eigenvalue weighted by Crippen LogP contribution is 2.21. The summed E-state index contributed by atoms with van der Waals surface area (Å²) < 4.78 is 18.4. The first kappa shape index (κ1) is 14.4. The van der Waals surface area contributed by atoms with Crippen LogP contribution in [0.4, 0.5) is 4.39 Å². The van der Waals surface area contributed by atoms with Crippen molar-refractivity contribution in [3.8, 4) is 0 Å². The summed E-state index contributed by atoms with van der Waals surface area (Å²) >= 11 is 0. The SMILES string of the molecule is COC1CN(CC(N)c2ccc(F)cc2)CCC1C. The van der Waals surface area contributed by atoms with E-state index in [-0.39, 0.29) is 18.0 Å². The van der Waals surface area contributed by atoms with Gasteiger partial charge in [0.1, 0.15) is 5.82 Å². The van der Waals surface area contributed by atoms with E-state index in [1.807, 2.05) is 0 Å². The van der Waals surface area contributed by atoms with Gasteiger partial charge in [0.05, 0.1) is 6.10 Å². The number of piperidine rings is 1. The van der Waals surface area contributed by atoms with E-state index >= 15 is 0 Å². The largest absolute Gasteiger partial charge is 0.380 e. The molecule has 1 aromatic carbocycles. The molecule has 2 N–H and O–H groups in total. The van der Waals surface area contributed by atoms with Crippen molar-refractivity contribution in [3.05, 3.63) is 35.6 Å². The molecule has 1 aliphatic heterocycles. The number of nitrogens with two attached hydrogens (primary N) is 1. The van der Waals surface area contributed by atoms with Gasteiger partial charge in [0.25, 0.3) is 0 Å². The molecule has 1 fully saturated rings. The number of benzene rings is 1. The van der Waals surface area contributed by atoms with Crippen LogP contribution in [-0.4, -0.2) is 37.7 Å². The van der Waals surface area contributed by atoms with E-state index in [9.17, 15) is 4.39 Å². The zero-order chi connectivity index (χ0) is 13.8. The molecule has 0 amide bonds. The Morgan fingerprint density at radius 1 is 1.42 bits per heavy atom. The Labute approximate surface area is 114 Å². The quantitative estimate of drug-likeness (QED) is 0.908. The molecule has 19 heavy (non-hydrogen) atoms. The van der Waals surface area contributed by atoms with Gasteiger partial charge in [-0.2, -0.15) is 0 Å². The van der Waals surface area contributed by atoms with Gasteiger partial charge in [-0.1, -0.05) is 19.1 Å². The number of halogens is 1. The lowest BCUT2D eigenvalue weighted by atomic mass is 9.95. The summed E-state index contributed by atoms with van der Waals surface area (Å²) in [6.07, 6.45) is 1.42. The van der Waals surface area contributed by atoms with Crippen molar-refractivity contribution in [2.75, 3.05) is 26.7 Å². The fraction of sp³-hybridized carbons (Fsp3) is 0.600. The average molecular weight is 266 g/mol. The van der Waals surface area contributed by atoms with Gasteiger partial charge >= 0.3 is 0 Å². The summed E-state index contributed by atoms with van der Waals surface area (Å²) in [5, 5.41) is 0. The van der Waals surface area contributed by atoms with E-state index < -0.39 is 0 Å². The number of ether oxygens (including phenoxy) is 1. The molecule has 1 aromatic rings. The summed E-state index contributed by atoms with van der Waals surface area (Å²) in [4.78, 5) is 2.34. The van der Waals surface area contributed by atoms with Crippen molar-refractivity contribution >= 4 is 0 Å². The Morgan fingerprint density at radius 2 is 2.11 bits per heavy atom. The van der Waals surface area contributed by atoms with Crippen LogP contribution in [0.5, 0.6) is 0 Å². The molecule has 0 spiro atoms. The summed E-state index contributed by atoms with van der Waals surface area (Å²) in [5.41, 5.74) is 7.17. The molecule has 0 saturated carbocycles. The minimum atomic E-state index is -0.220. The number of hydrogen-bond donors (Lipinski definition) is 1. The average Bonchev–Trinajstić information content (AvgIpc) is 2.41. The first-order valence-corrected chi connectivity index (χ1v) is 6.86. The predicted molar refractivity (Wildman–Crippen MR) is 74.3 cm³/mol. The highest BCUT2D eigenvalue weighted by atomic mass is 19.1. The second-order valence-corrected chi connectivity index (χ2v) is 5.46. The van der Waals surface area contributed by atoms with Gasteiger partial charge < -0.3 is 10.5 Å². The zero-order valence-electron chi connectivity index (χ0n) is 11.7. The van der Waals surface area contributed by atoms with Gasteiger partial charge in [0, 0.05) is 26.2 Å². The molecule has 0 aliphatic carbocycles. The van der Waals surface area contributed by atoms with Gasteiger partial charge in [0.2, 0.25) is 0 Å². The minimum Gasteiger partial charge on any atom is -0.380 e. The zero-order valence-corrected chi connectivity index (χ0v) is 11.7. The van der Waals surface area contributed by atoms with E-state index in [1.54, 1.807) is 19.2 Å². The highest BCUT2D eigenvalue weighted by Gasteiger charge is 2.26. The lowest BCUT2D eigenvalue weighted by Gasteiger charge is -2.37. The Kier molecular flexibility index (Phi) is 4.91. The van der Waals surface area contributed by atoms with E-state index in [4.69, 9.17) is 10.5 Å². The molecule has 2 rings (SSSR count). The van der Waals surface area contributed by atoms with Crippen molar-refractivity contribution in [2.45, 2.75) is 25.5 Å². The molecular formula is C15H23FN2O. The summed E-state index contributed by atoms with van der Waals surface area (Å²) in [5.74, 6) is 0.380. The maximum absolute atomic E-state index is 12.9. The summed E-state index contributed by atoms with van der Waals surface area (Å²) in [6.45, 7) is 4.99. The third kappa shape index (κ3) is 3.75. The Hall–Kier alpha value is -0.970. The van der Waals surface area contributed by atoms with Gasteiger partial charge in [-0.05, 0) is 36.6 Å². The van der Waals surface area contributed by atoms with Crippen LogP contribution in [0.15, 0.2) is 24.3 Å². The molecule has 3 nitrogen and oxygen atoms in total. The van der Waals surface area contributed by atoms with Crippen LogP contribution in [0.1, 0.15) is 24.9 Å². The van der Waals surface area contributed by atoms with Crippen molar-refractivity contribution < 1.29 is 9.13 Å². The smallest absolute Gasteiger partial charge is 0.123 e. The molecule has 3 unspecified atom stereocenters. The maximum Gasteiger partial charge on any atom is 0.123 e. The fourth-order valence-electron chi connectivity index (χ4n) is 2.66. The van der Waals surface area contributed by atoms with E-state index in [0.717, 1.165) is 31.6 Å². The maximum atomic E-state index is 12.9. The third-order valence-electron chi connectivity index (χ3n) is 4.03. The van der Waals surface area contributed by atoms with Gasteiger partial charge in [0.15, 0.2) is 0 Å².